The molecule has 1 aliphatic rings. The maximum atomic E-state index is 10.7. The molecule has 0 aromatic carbocycles. The predicted molar refractivity (Wildman–Crippen MR) is 56.5 cm³/mol. The Hall–Kier alpha value is -0.890. The second-order valence-corrected chi connectivity index (χ2v) is 3.37. The Labute approximate surface area is 80.5 Å². The van der Waals surface area contributed by atoms with Crippen LogP contribution in [0.15, 0.2) is 24.8 Å². The number of hydrogen-bond donors (Lipinski definition) is 1. The number of hydrogen-bond acceptors (Lipinski definition) is 2. The van der Waals surface area contributed by atoms with Crippen LogP contribution in [0.1, 0.15) is 32.6 Å². The third kappa shape index (κ3) is 6.29. The summed E-state index contributed by atoms with van der Waals surface area (Å²) < 4.78 is 0. The van der Waals surface area contributed by atoms with Crippen LogP contribution in [0.4, 0.5) is 0 Å². The molecule has 1 fully saturated rings. The fraction of sp³-hybridized carbons (Fsp3) is 0.545. The van der Waals surface area contributed by atoms with Crippen molar-refractivity contribution in [3.63, 3.8) is 0 Å². The summed E-state index contributed by atoms with van der Waals surface area (Å²) in [4.78, 5) is 10.7. The van der Waals surface area contributed by atoms with Gasteiger partial charge in [-0.05, 0) is 19.8 Å². The summed E-state index contributed by atoms with van der Waals surface area (Å²) in [6.45, 7) is 8.93. The highest BCUT2D eigenvalue weighted by Crippen LogP contribution is 2.11. The van der Waals surface area contributed by atoms with Crippen LogP contribution >= 0.6 is 0 Å². The van der Waals surface area contributed by atoms with Gasteiger partial charge in [0.05, 0.1) is 6.04 Å². The number of rotatable bonds is 1. The molecule has 0 heterocycles. The van der Waals surface area contributed by atoms with Gasteiger partial charge in [0, 0.05) is 6.42 Å². The minimum absolute atomic E-state index is 0.135. The van der Waals surface area contributed by atoms with E-state index >= 15 is 0 Å². The lowest BCUT2D eigenvalue weighted by molar-refractivity contribution is -0.121. The molecule has 1 unspecified atom stereocenters. The molecule has 0 bridgehead atoms. The summed E-state index contributed by atoms with van der Waals surface area (Å²) in [5, 5.41) is 0. The van der Waals surface area contributed by atoms with E-state index in [9.17, 15) is 4.79 Å². The molecule has 13 heavy (non-hydrogen) atoms. The Balaban J connectivity index is 0.000000252. The maximum absolute atomic E-state index is 10.7. The van der Waals surface area contributed by atoms with E-state index in [1.807, 2.05) is 6.92 Å². The second kappa shape index (κ2) is 6.61. The van der Waals surface area contributed by atoms with E-state index < -0.39 is 0 Å². The molecule has 1 rings (SSSR count). The molecule has 1 saturated carbocycles. The zero-order chi connectivity index (χ0) is 10.3. The lowest BCUT2D eigenvalue weighted by Crippen LogP contribution is -2.32. The standard InChI is InChI=1S/C6H11NO.C5H8/c7-5-3-1-2-4-6(5)8;1-4-5(2)3/h5H,1-4,7H2;4H,1-2H2,3H3. The van der Waals surface area contributed by atoms with Crippen LogP contribution in [0, 0.1) is 0 Å². The van der Waals surface area contributed by atoms with E-state index in [0.29, 0.717) is 6.42 Å². The van der Waals surface area contributed by atoms with Crippen LogP contribution in [0.25, 0.3) is 0 Å². The average molecular weight is 181 g/mol. The molecule has 0 spiro atoms. The van der Waals surface area contributed by atoms with Gasteiger partial charge in [-0.2, -0.15) is 0 Å². The van der Waals surface area contributed by atoms with Gasteiger partial charge in [0.2, 0.25) is 0 Å². The molecule has 2 N–H and O–H groups in total. The third-order valence-corrected chi connectivity index (χ3v) is 1.95. The molecule has 1 atom stereocenters. The van der Waals surface area contributed by atoms with Gasteiger partial charge >= 0.3 is 0 Å². The van der Waals surface area contributed by atoms with Crippen LogP contribution in [-0.4, -0.2) is 11.8 Å². The number of carbonyl (C=O) groups is 1. The molecule has 0 radical (unpaired) electrons. The van der Waals surface area contributed by atoms with E-state index in [4.69, 9.17) is 5.73 Å². The van der Waals surface area contributed by atoms with Gasteiger partial charge in [0.25, 0.3) is 0 Å². The van der Waals surface area contributed by atoms with E-state index in [2.05, 4.69) is 13.2 Å². The highest BCUT2D eigenvalue weighted by molar-refractivity contribution is 5.84. The Kier molecular flexibility index (Phi) is 6.15. The lowest BCUT2D eigenvalue weighted by atomic mass is 9.95. The summed E-state index contributed by atoms with van der Waals surface area (Å²) in [5.41, 5.74) is 6.45. The molecule has 0 aliphatic heterocycles. The van der Waals surface area contributed by atoms with Gasteiger partial charge in [-0.15, -0.1) is 0 Å². The number of Topliss-reactive ketones (excluding diaryl/α,β-unsaturated/α-hetero) is 1. The monoisotopic (exact) mass is 181 g/mol. The molecule has 74 valence electrons. The van der Waals surface area contributed by atoms with Crippen LogP contribution in [0.2, 0.25) is 0 Å². The van der Waals surface area contributed by atoms with Crippen LogP contribution in [-0.2, 0) is 4.79 Å². The molecule has 1 aliphatic carbocycles. The fourth-order valence-corrected chi connectivity index (χ4v) is 1.01. The Bertz CT molecular complexity index is 196. The van der Waals surface area contributed by atoms with Crippen molar-refractivity contribution in [2.75, 3.05) is 0 Å². The van der Waals surface area contributed by atoms with Crippen molar-refractivity contribution in [1.82, 2.24) is 0 Å². The first-order chi connectivity index (χ1) is 6.07. The summed E-state index contributed by atoms with van der Waals surface area (Å²) in [7, 11) is 0. The molecule has 0 aromatic rings. The normalized spacial score (nSPS) is 21.4. The van der Waals surface area contributed by atoms with Gasteiger partial charge < -0.3 is 5.73 Å². The summed E-state index contributed by atoms with van der Waals surface area (Å²) in [6.07, 6.45) is 5.51. The Morgan fingerprint density at radius 1 is 1.62 bits per heavy atom. The van der Waals surface area contributed by atoms with Crippen LogP contribution < -0.4 is 5.73 Å². The topological polar surface area (TPSA) is 43.1 Å². The van der Waals surface area contributed by atoms with Crippen molar-refractivity contribution in [1.29, 1.82) is 0 Å². The number of nitrogens with two attached hydrogens (primary N) is 1. The third-order valence-electron chi connectivity index (χ3n) is 1.95. The molecule has 2 nitrogen and oxygen atoms in total. The van der Waals surface area contributed by atoms with E-state index in [1.54, 1.807) is 6.08 Å². The number of allylic oxidation sites excluding steroid dienone is 2. The van der Waals surface area contributed by atoms with Crippen molar-refractivity contribution in [2.45, 2.75) is 38.6 Å². The number of ketones is 1. The number of carbonyl (C=O) groups excluding carboxylic acids is 1. The van der Waals surface area contributed by atoms with E-state index in [0.717, 1.165) is 24.8 Å². The van der Waals surface area contributed by atoms with Gasteiger partial charge in [-0.1, -0.05) is 31.2 Å². The van der Waals surface area contributed by atoms with Crippen LogP contribution in [0.5, 0.6) is 0 Å². The average Bonchev–Trinajstić information content (AvgIpc) is 2.11. The zero-order valence-electron chi connectivity index (χ0n) is 8.38. The highest BCUT2D eigenvalue weighted by Gasteiger charge is 2.16. The molecule has 0 amide bonds. The van der Waals surface area contributed by atoms with Gasteiger partial charge in [0.1, 0.15) is 5.78 Å². The quantitative estimate of drug-likeness (QED) is 0.630. The molecular weight excluding hydrogens is 162 g/mol. The maximum Gasteiger partial charge on any atom is 0.149 e. The first-order valence-electron chi connectivity index (χ1n) is 4.64. The Morgan fingerprint density at radius 3 is 2.38 bits per heavy atom. The predicted octanol–water partition coefficient (Wildman–Crippen LogP) is 2.21. The second-order valence-electron chi connectivity index (χ2n) is 3.37. The molecule has 0 saturated heterocycles. The summed E-state index contributed by atoms with van der Waals surface area (Å²) in [6, 6.07) is -0.135. The lowest BCUT2D eigenvalue weighted by Gasteiger charge is -2.14. The zero-order valence-corrected chi connectivity index (χ0v) is 8.38. The van der Waals surface area contributed by atoms with Crippen molar-refractivity contribution in [2.24, 2.45) is 5.73 Å². The first-order valence-corrected chi connectivity index (χ1v) is 4.64. The van der Waals surface area contributed by atoms with Gasteiger partial charge in [-0.25, -0.2) is 0 Å². The molecule has 0 aromatic heterocycles. The summed E-state index contributed by atoms with van der Waals surface area (Å²) in [5.74, 6) is 0.247. The first kappa shape index (κ1) is 12.1. The van der Waals surface area contributed by atoms with E-state index in [-0.39, 0.29) is 11.8 Å². The molecule has 2 heteroatoms. The minimum atomic E-state index is -0.135. The minimum Gasteiger partial charge on any atom is -0.322 e. The SMILES string of the molecule is C=CC(=C)C.NC1CCCCC1=O. The van der Waals surface area contributed by atoms with E-state index in [1.165, 1.54) is 0 Å². The van der Waals surface area contributed by atoms with Crippen LogP contribution in [0.3, 0.4) is 0 Å². The van der Waals surface area contributed by atoms with Gasteiger partial charge in [0.15, 0.2) is 0 Å². The molecular formula is C11H19NO. The van der Waals surface area contributed by atoms with Crippen molar-refractivity contribution < 1.29 is 4.79 Å². The largest absolute Gasteiger partial charge is 0.322 e. The fourth-order valence-electron chi connectivity index (χ4n) is 1.01. The van der Waals surface area contributed by atoms with Crippen molar-refractivity contribution in [3.8, 4) is 0 Å². The van der Waals surface area contributed by atoms with Gasteiger partial charge in [-0.3, -0.25) is 4.79 Å². The van der Waals surface area contributed by atoms with Crippen molar-refractivity contribution >= 4 is 5.78 Å². The summed E-state index contributed by atoms with van der Waals surface area (Å²) >= 11 is 0. The highest BCUT2D eigenvalue weighted by atomic mass is 16.1. The Morgan fingerprint density at radius 2 is 2.15 bits per heavy atom. The van der Waals surface area contributed by atoms with Crippen molar-refractivity contribution in [3.05, 3.63) is 24.8 Å². The smallest absolute Gasteiger partial charge is 0.149 e.